The van der Waals surface area contributed by atoms with Crippen LogP contribution in [0.3, 0.4) is 0 Å². The Morgan fingerprint density at radius 3 is 2.69 bits per heavy atom. The third-order valence-corrected chi connectivity index (χ3v) is 7.11. The molecule has 2 aromatic carbocycles. The third-order valence-electron chi connectivity index (χ3n) is 5.73. The van der Waals surface area contributed by atoms with E-state index in [1.54, 1.807) is 42.6 Å². The average Bonchev–Trinajstić information content (AvgIpc) is 3.03. The van der Waals surface area contributed by atoms with Gasteiger partial charge in [0, 0.05) is 38.6 Å². The van der Waals surface area contributed by atoms with E-state index in [0.717, 1.165) is 40.9 Å². The average molecular weight is 449 g/mol. The van der Waals surface area contributed by atoms with Gasteiger partial charge in [-0.15, -0.1) is 0 Å². The molecule has 0 bridgehead atoms. The minimum absolute atomic E-state index is 0.214. The van der Waals surface area contributed by atoms with Crippen LogP contribution in [-0.4, -0.2) is 38.2 Å². The zero-order valence-corrected chi connectivity index (χ0v) is 18.8. The van der Waals surface area contributed by atoms with Crippen LogP contribution in [0.2, 0.25) is 0 Å². The Bertz CT molecular complexity index is 1400. The molecule has 3 heterocycles. The minimum Gasteiger partial charge on any atom is -0.491 e. The summed E-state index contributed by atoms with van der Waals surface area (Å²) in [5.74, 6) is 0.858. The summed E-state index contributed by atoms with van der Waals surface area (Å²) in [6.45, 7) is 1.61. The highest BCUT2D eigenvalue weighted by atomic mass is 32.2. The number of aromatic nitrogens is 2. The zero-order valence-electron chi connectivity index (χ0n) is 17.9. The van der Waals surface area contributed by atoms with E-state index in [4.69, 9.17) is 4.74 Å². The Morgan fingerprint density at radius 2 is 1.88 bits per heavy atom. The fourth-order valence-corrected chi connectivity index (χ4v) is 5.21. The Hall–Kier alpha value is -3.52. The van der Waals surface area contributed by atoms with E-state index >= 15 is 0 Å². The van der Waals surface area contributed by atoms with Gasteiger partial charge in [-0.2, -0.15) is 0 Å². The maximum atomic E-state index is 13.0. The summed E-state index contributed by atoms with van der Waals surface area (Å²) in [6.07, 6.45) is 4.56. The molecular weight excluding hydrogens is 424 g/mol. The summed E-state index contributed by atoms with van der Waals surface area (Å²) in [6, 6.07) is 16.1. The number of nitrogens with one attached hydrogen (secondary N) is 1. The molecule has 0 atom stereocenters. The maximum absolute atomic E-state index is 13.0. The van der Waals surface area contributed by atoms with E-state index in [0.29, 0.717) is 17.9 Å². The summed E-state index contributed by atoms with van der Waals surface area (Å²) in [4.78, 5) is 6.90. The normalized spacial score (nSPS) is 14.0. The molecule has 0 saturated heterocycles. The number of ether oxygens (including phenoxy) is 1. The van der Waals surface area contributed by atoms with Crippen LogP contribution in [0.5, 0.6) is 5.75 Å². The fourth-order valence-electron chi connectivity index (χ4n) is 4.12. The first-order chi connectivity index (χ1) is 15.4. The van der Waals surface area contributed by atoms with Crippen LogP contribution in [0.15, 0.2) is 71.9 Å². The van der Waals surface area contributed by atoms with E-state index < -0.39 is 10.0 Å². The number of rotatable bonds is 4. The lowest BCUT2D eigenvalue weighted by atomic mass is 10.0. The summed E-state index contributed by atoms with van der Waals surface area (Å²) >= 11 is 0. The molecule has 32 heavy (non-hydrogen) atoms. The number of hydrogen-bond acceptors (Lipinski definition) is 5. The van der Waals surface area contributed by atoms with Crippen molar-refractivity contribution in [3.63, 3.8) is 0 Å². The largest absolute Gasteiger partial charge is 0.491 e. The molecule has 1 N–H and O–H groups in total. The van der Waals surface area contributed by atoms with Crippen molar-refractivity contribution in [2.45, 2.75) is 11.3 Å². The number of pyridine rings is 1. The van der Waals surface area contributed by atoms with Crippen LogP contribution in [-0.2, 0) is 17.1 Å². The molecule has 1 aliphatic heterocycles. The number of sulfonamides is 1. The number of nitrogens with zero attached hydrogens (tertiary/aromatic N) is 3. The van der Waals surface area contributed by atoms with Crippen LogP contribution < -0.4 is 14.4 Å². The molecule has 0 amide bonds. The molecule has 164 valence electrons. The molecule has 2 aromatic heterocycles. The lowest BCUT2D eigenvalue weighted by molar-refractivity contribution is 0.322. The van der Waals surface area contributed by atoms with Crippen molar-refractivity contribution in [2.24, 2.45) is 7.05 Å². The molecule has 0 unspecified atom stereocenters. The quantitative estimate of drug-likeness (QED) is 0.505. The highest BCUT2D eigenvalue weighted by Crippen LogP contribution is 2.39. The second-order valence-electron chi connectivity index (χ2n) is 7.94. The molecule has 0 fully saturated rings. The Morgan fingerprint density at radius 1 is 1.06 bits per heavy atom. The van der Waals surface area contributed by atoms with E-state index in [1.165, 1.54) is 0 Å². The van der Waals surface area contributed by atoms with Gasteiger partial charge in [-0.25, -0.2) is 13.4 Å². The summed E-state index contributed by atoms with van der Waals surface area (Å²) in [7, 11) is 0.229. The lowest BCUT2D eigenvalue weighted by Gasteiger charge is -2.19. The van der Waals surface area contributed by atoms with Crippen LogP contribution in [0, 0.1) is 0 Å². The minimum atomic E-state index is -3.74. The molecule has 0 aliphatic carbocycles. The molecule has 7 nitrogen and oxygen atoms in total. The predicted molar refractivity (Wildman–Crippen MR) is 127 cm³/mol. The molecular formula is C24H24N4O3S. The molecule has 0 spiro atoms. The molecule has 0 saturated carbocycles. The number of hydrogen-bond donors (Lipinski definition) is 1. The van der Waals surface area contributed by atoms with Crippen molar-refractivity contribution >= 4 is 32.4 Å². The monoisotopic (exact) mass is 448 g/mol. The van der Waals surface area contributed by atoms with Gasteiger partial charge in [-0.1, -0.05) is 24.3 Å². The van der Waals surface area contributed by atoms with E-state index in [1.807, 2.05) is 29.9 Å². The van der Waals surface area contributed by atoms with Gasteiger partial charge in [0.15, 0.2) is 0 Å². The summed E-state index contributed by atoms with van der Waals surface area (Å²) in [5.41, 5.74) is 4.09. The fraction of sp³-hybridized carbons (Fsp3) is 0.208. The van der Waals surface area contributed by atoms with E-state index in [2.05, 4.69) is 27.7 Å². The first kappa shape index (κ1) is 20.4. The van der Waals surface area contributed by atoms with Crippen molar-refractivity contribution in [3.05, 3.63) is 67.0 Å². The zero-order chi connectivity index (χ0) is 22.3. The van der Waals surface area contributed by atoms with Crippen LogP contribution in [0.4, 0.5) is 11.4 Å². The standard InChI is InChI=1S/C24H24N4O3S/c1-27-13-6-14-31-22-10-9-17(15-21(22)27)19-16-28(2)24-23(19)20(11-12-25-24)26-32(29,30)18-7-4-3-5-8-18/h3-5,7-12,15-16H,6,13-14H2,1-2H3,(H,25,26). The van der Waals surface area contributed by atoms with Gasteiger partial charge < -0.3 is 14.2 Å². The SMILES string of the molecule is CN1CCCOc2ccc(-c3cn(C)c4nccc(NS(=O)(=O)c5ccccc5)c34)cc21. The Labute approximate surface area is 187 Å². The van der Waals surface area contributed by atoms with Crippen molar-refractivity contribution in [3.8, 4) is 16.9 Å². The smallest absolute Gasteiger partial charge is 0.261 e. The van der Waals surface area contributed by atoms with E-state index in [-0.39, 0.29) is 4.90 Å². The third kappa shape index (κ3) is 3.56. The maximum Gasteiger partial charge on any atom is 0.261 e. The molecule has 1 aliphatic rings. The van der Waals surface area contributed by atoms with Gasteiger partial charge in [0.2, 0.25) is 0 Å². The van der Waals surface area contributed by atoms with Crippen molar-refractivity contribution in [2.75, 3.05) is 29.8 Å². The first-order valence-corrected chi connectivity index (χ1v) is 11.9. The number of aryl methyl sites for hydroxylation is 1. The van der Waals surface area contributed by atoms with Crippen LogP contribution in [0.25, 0.3) is 22.2 Å². The summed E-state index contributed by atoms with van der Waals surface area (Å²) in [5, 5.41) is 0.756. The summed E-state index contributed by atoms with van der Waals surface area (Å²) < 4.78 is 36.6. The predicted octanol–water partition coefficient (Wildman–Crippen LogP) is 4.26. The molecule has 5 rings (SSSR count). The van der Waals surface area contributed by atoms with Crippen LogP contribution in [0.1, 0.15) is 6.42 Å². The molecule has 0 radical (unpaired) electrons. The number of anilines is 2. The van der Waals surface area contributed by atoms with Gasteiger partial charge >= 0.3 is 0 Å². The number of fused-ring (bicyclic) bond motifs is 2. The Balaban J connectivity index is 1.65. The highest BCUT2D eigenvalue weighted by molar-refractivity contribution is 7.92. The van der Waals surface area contributed by atoms with Gasteiger partial charge in [-0.3, -0.25) is 4.72 Å². The van der Waals surface area contributed by atoms with Gasteiger partial charge in [-0.05, 0) is 42.3 Å². The second-order valence-corrected chi connectivity index (χ2v) is 9.62. The van der Waals surface area contributed by atoms with Gasteiger partial charge in [0.25, 0.3) is 10.0 Å². The molecule has 4 aromatic rings. The molecule has 8 heteroatoms. The van der Waals surface area contributed by atoms with Crippen molar-refractivity contribution in [1.29, 1.82) is 0 Å². The van der Waals surface area contributed by atoms with E-state index in [9.17, 15) is 8.42 Å². The number of benzene rings is 2. The second kappa shape index (κ2) is 7.87. The highest BCUT2D eigenvalue weighted by Gasteiger charge is 2.21. The van der Waals surface area contributed by atoms with Gasteiger partial charge in [0.05, 0.1) is 28.3 Å². The Kier molecular flexibility index (Phi) is 5.01. The lowest BCUT2D eigenvalue weighted by Crippen LogP contribution is -2.17. The topological polar surface area (TPSA) is 76.5 Å². The van der Waals surface area contributed by atoms with Crippen LogP contribution >= 0.6 is 0 Å². The van der Waals surface area contributed by atoms with Crippen molar-refractivity contribution in [1.82, 2.24) is 9.55 Å². The van der Waals surface area contributed by atoms with Crippen molar-refractivity contribution < 1.29 is 13.2 Å². The van der Waals surface area contributed by atoms with Gasteiger partial charge in [0.1, 0.15) is 11.4 Å². The first-order valence-electron chi connectivity index (χ1n) is 10.4.